The third kappa shape index (κ3) is 27.5. The molecule has 742 valence electrons. The molecule has 138 heavy (non-hydrogen) atoms. The van der Waals surface area contributed by atoms with E-state index >= 15 is 8.42 Å². The summed E-state index contributed by atoms with van der Waals surface area (Å²) in [7, 11) is -22.0. The number of aliphatic carboxylic acids is 2. The zero-order valence-electron chi connectivity index (χ0n) is 78.7. The number of aromatic nitrogens is 5. The van der Waals surface area contributed by atoms with Crippen LogP contribution < -0.4 is 31.5 Å². The van der Waals surface area contributed by atoms with E-state index in [2.05, 4.69) is 64.7 Å². The van der Waals surface area contributed by atoms with E-state index in [0.717, 1.165) is 126 Å². The third-order valence-corrected chi connectivity index (χ3v) is 31.5. The topological polar surface area (TPSA) is 529 Å². The number of carbonyl (C=O) groups excluding carboxylic acids is 4. The Hall–Kier alpha value is -11.2. The monoisotopic (exact) mass is 1990 g/mol. The summed E-state index contributed by atoms with van der Waals surface area (Å²) >= 11 is 0. The van der Waals surface area contributed by atoms with Crippen LogP contribution in [0.3, 0.4) is 0 Å². The van der Waals surface area contributed by atoms with E-state index in [-0.39, 0.29) is 136 Å². The van der Waals surface area contributed by atoms with Crippen LogP contribution in [-0.2, 0) is 135 Å². The number of carbonyl (C=O) groups is 6. The fourth-order valence-corrected chi connectivity index (χ4v) is 23.0. The van der Waals surface area contributed by atoms with Crippen LogP contribution in [0.1, 0.15) is 241 Å². The number of aryl methyl sites for hydroxylation is 7. The predicted octanol–water partition coefficient (Wildman–Crippen LogP) is 12.6. The van der Waals surface area contributed by atoms with E-state index in [9.17, 15) is 90.9 Å². The van der Waals surface area contributed by atoms with E-state index in [1.165, 1.54) is 36.4 Å². The van der Waals surface area contributed by atoms with Gasteiger partial charge in [0.2, 0.25) is 39.3 Å². The van der Waals surface area contributed by atoms with E-state index in [1.54, 1.807) is 112 Å². The quantitative estimate of drug-likeness (QED) is 0.00730. The lowest BCUT2D eigenvalue weighted by Crippen LogP contribution is -2.46. The second-order valence-electron chi connectivity index (χ2n) is 37.1. The molecule has 0 radical (unpaired) electrons. The Bertz CT molecular complexity index is 6670. The van der Waals surface area contributed by atoms with Gasteiger partial charge < -0.3 is 41.7 Å². The van der Waals surface area contributed by atoms with Gasteiger partial charge in [0, 0.05) is 148 Å². The number of hydrogen-bond donors (Lipinski definition) is 11. The van der Waals surface area contributed by atoms with Crippen molar-refractivity contribution in [3.05, 3.63) is 207 Å². The normalized spacial score (nSPS) is 15.8. The highest BCUT2D eigenvalue weighted by Crippen LogP contribution is 2.52. The molecule has 0 unspecified atom stereocenters. The summed E-state index contributed by atoms with van der Waals surface area (Å²) in [6.07, 6.45) is 26.5. The molecule has 35 nitrogen and oxygen atoms in total. The molecule has 5 aromatic carbocycles. The number of nitrogens with zero attached hydrogens (tertiary/aromatic N) is 8. The van der Waals surface area contributed by atoms with Crippen molar-refractivity contribution in [2.75, 3.05) is 61.5 Å². The molecular weight excluding hydrogens is 1870 g/mol. The van der Waals surface area contributed by atoms with Crippen LogP contribution in [0.2, 0.25) is 0 Å². The molecule has 6 heterocycles. The molecule has 0 fully saturated rings. The van der Waals surface area contributed by atoms with Crippen molar-refractivity contribution >= 4 is 131 Å². The highest BCUT2D eigenvalue weighted by atomic mass is 32.2. The largest absolute Gasteiger partial charge is 0.481 e. The van der Waals surface area contributed by atoms with Crippen molar-refractivity contribution in [1.82, 2.24) is 50.5 Å². The Morgan fingerprint density at radius 3 is 1.81 bits per heavy atom. The molecule has 11 N–H and O–H groups in total. The summed E-state index contributed by atoms with van der Waals surface area (Å²) in [4.78, 5) is 102. The number of sulfonamides is 1. The van der Waals surface area contributed by atoms with Gasteiger partial charge in [-0.15, -0.1) is 0 Å². The standard InChI is InChI=1S/C98H123N13O22S5/c1-63-101-59-73(60-102-63)67(53-91(115)116)24-11-8-9-12-29-80-72(52-70-27-20-44-100-95(70)108-80)58-106-96(119)81(30-17-18-43-99-88(112)41-42-89(113)105-57-71-51-66-26-16-15-25-65(66)50-68(71)35-36-69(54-92(117)118)74-61-103-64(2)104-62-74)107-90(114)34-21-45-109(7)136(126,127)84-31-19-28-78-76(84)37-39-82-93(78)97(3,4)86(110(82)46-22-48-134(120,121)122)32-13-10-14-33-87-98(5,6)94-79-55-75(137(128,129)130)56-85(138(131,132)133)77(79)38-40-83(94)111(87)47-23-49-135(123,124)125/h10,13-14,19,28,31-33,37-40,50-52,55-56,59-62,67,69,81H,8-9,11-12,15-18,20-27,29-30,34-36,41-49,53-54,57-58H2,1-7H3,(H10-,99,100,105,106,107,108,112,113,114,115,116,117,118,119,120,121,122,123,124,125,128,129,130,131,132,133)/p+1/t67-,69-,81-/m0/s1. The Balaban J connectivity index is 0.719. The first-order chi connectivity index (χ1) is 65.2. The van der Waals surface area contributed by atoms with Crippen molar-refractivity contribution in [3.8, 4) is 0 Å². The maximum Gasteiger partial charge on any atom is 0.303 e. The van der Waals surface area contributed by atoms with Crippen LogP contribution in [0.4, 0.5) is 17.2 Å². The first kappa shape index (κ1) is 106. The van der Waals surface area contributed by atoms with Crippen molar-refractivity contribution in [2.45, 2.75) is 259 Å². The molecule has 3 aromatic heterocycles. The van der Waals surface area contributed by atoms with Gasteiger partial charge in [-0.3, -0.25) is 47.0 Å². The third-order valence-electron chi connectivity index (χ3n) is 26.3. The van der Waals surface area contributed by atoms with Crippen molar-refractivity contribution in [2.24, 2.45) is 0 Å². The minimum Gasteiger partial charge on any atom is -0.481 e. The van der Waals surface area contributed by atoms with Gasteiger partial charge in [-0.1, -0.05) is 81.7 Å². The molecule has 40 heteroatoms. The van der Waals surface area contributed by atoms with Crippen molar-refractivity contribution in [1.29, 1.82) is 0 Å². The van der Waals surface area contributed by atoms with Crippen molar-refractivity contribution in [3.63, 3.8) is 0 Å². The van der Waals surface area contributed by atoms with Crippen LogP contribution in [0.25, 0.3) is 21.5 Å². The number of anilines is 2. The average Bonchev–Trinajstić information content (AvgIpc) is 1.55. The summed E-state index contributed by atoms with van der Waals surface area (Å²) in [5.41, 5.74) is 9.59. The summed E-state index contributed by atoms with van der Waals surface area (Å²) < 4.78 is 172. The van der Waals surface area contributed by atoms with Crippen LogP contribution in [-0.4, -0.2) is 203 Å². The second-order valence-corrected chi connectivity index (χ2v) is 45.0. The van der Waals surface area contributed by atoms with Gasteiger partial charge in [-0.05, 0) is 246 Å². The molecule has 4 amide bonds. The number of fused-ring (bicyclic) bond motifs is 8. The predicted molar refractivity (Wildman–Crippen MR) is 523 cm³/mol. The molecule has 0 saturated carbocycles. The minimum atomic E-state index is -5.09. The van der Waals surface area contributed by atoms with Gasteiger partial charge >= 0.3 is 11.9 Å². The van der Waals surface area contributed by atoms with Gasteiger partial charge in [0.05, 0.1) is 39.6 Å². The Morgan fingerprint density at radius 2 is 1.16 bits per heavy atom. The van der Waals surface area contributed by atoms with E-state index in [1.807, 2.05) is 18.7 Å². The Kier molecular flexibility index (Phi) is 35.1. The molecule has 0 spiro atoms. The van der Waals surface area contributed by atoms with Gasteiger partial charge in [0.25, 0.3) is 40.5 Å². The van der Waals surface area contributed by atoms with Gasteiger partial charge in [-0.2, -0.15) is 38.2 Å². The van der Waals surface area contributed by atoms with E-state index < -0.39 is 112 Å². The number of pyridine rings is 1. The molecule has 8 aromatic rings. The van der Waals surface area contributed by atoms with Gasteiger partial charge in [-0.25, -0.2) is 37.6 Å². The zero-order valence-corrected chi connectivity index (χ0v) is 82.8. The fraction of sp³-hybridized carbons (Fsp3) is 0.469. The fourth-order valence-electron chi connectivity index (χ4n) is 19.3. The van der Waals surface area contributed by atoms with Crippen LogP contribution >= 0.6 is 0 Å². The summed E-state index contributed by atoms with van der Waals surface area (Å²) in [5.74, 6) is -3.40. The number of rotatable bonds is 49. The molecule has 1 aliphatic carbocycles. The summed E-state index contributed by atoms with van der Waals surface area (Å²) in [5, 5.41) is 35.8. The van der Waals surface area contributed by atoms with E-state index in [4.69, 9.17) is 4.98 Å². The number of allylic oxidation sites excluding steroid dienone is 6. The number of unbranched alkanes of at least 4 members (excludes halogenated alkanes) is 4. The lowest BCUT2D eigenvalue weighted by Gasteiger charge is -2.27. The number of hydrogen-bond acceptors (Lipinski definition) is 23. The second kappa shape index (κ2) is 45.8. The first-order valence-corrected chi connectivity index (χ1v) is 54.3. The highest BCUT2D eigenvalue weighted by Gasteiger charge is 2.47. The van der Waals surface area contributed by atoms with E-state index in [0.29, 0.717) is 101 Å². The minimum absolute atomic E-state index is 0.0145. The molecule has 3 aliphatic heterocycles. The highest BCUT2D eigenvalue weighted by molar-refractivity contribution is 7.89. The lowest BCUT2D eigenvalue weighted by molar-refractivity contribution is -0.437. The van der Waals surface area contributed by atoms with Crippen molar-refractivity contribution < 1.29 is 104 Å². The first-order valence-electron chi connectivity index (χ1n) is 46.7. The number of benzene rings is 5. The molecule has 0 saturated heterocycles. The number of carboxylic acid groups (broad SMARTS) is 2. The molecule has 12 rings (SSSR count). The maximum atomic E-state index is 15.0. The number of carboxylic acids is 2. The Morgan fingerprint density at radius 1 is 0.558 bits per heavy atom. The SMILES string of the molecule is Cc1ncc([C@@H](CCCCCCc2nc3c(cc2CNC(=O)[C@H](CCCCNC(=O)CCC(=O)NCc2cc4c(cc2CC[C@@H](CC(=O)O)c2cnc(C)nc2)CCCC4)NC(=O)CCCN(C)S(=O)(=O)c2cccc4c5c(ccc24)N(CCCS(=O)(=O)O)\C(=C/C=C/C=C/C2=[N+](CCCS(=O)(=O)O)c4ccc6c(S(=O)(=O)O)cc(S(=O)(=O)O)cc6c4C2(C)C)C5(C)C)CCCN3)CC(=O)O)cn1. The van der Waals surface area contributed by atoms with Gasteiger partial charge in [0.15, 0.2) is 5.71 Å². The van der Waals surface area contributed by atoms with Gasteiger partial charge in [0.1, 0.15) is 34.9 Å². The smallest absolute Gasteiger partial charge is 0.303 e. The maximum absolute atomic E-state index is 15.0. The molecule has 0 bridgehead atoms. The van der Waals surface area contributed by atoms with Crippen LogP contribution in [0, 0.1) is 13.8 Å². The lowest BCUT2D eigenvalue weighted by atomic mass is 9.79. The zero-order chi connectivity index (χ0) is 99.8. The number of amides is 4. The molecule has 4 aliphatic rings. The average molecular weight is 2000 g/mol. The summed E-state index contributed by atoms with van der Waals surface area (Å²) in [6, 6.07) is 18.2. The molecular formula is C98H124N13O22S5+. The summed E-state index contributed by atoms with van der Waals surface area (Å²) in [6.45, 7) is 12.0. The van der Waals surface area contributed by atoms with Crippen LogP contribution in [0.15, 0.2) is 148 Å². The van der Waals surface area contributed by atoms with Crippen LogP contribution in [0.5, 0.6) is 0 Å². The Labute approximate surface area is 806 Å². The number of nitrogens with one attached hydrogen (secondary N) is 5. The molecule has 3 atom stereocenters.